The summed E-state index contributed by atoms with van der Waals surface area (Å²) in [5, 5.41) is 3.25. The van der Waals surface area contributed by atoms with E-state index in [0.29, 0.717) is 10.7 Å². The van der Waals surface area contributed by atoms with Crippen molar-refractivity contribution in [2.45, 2.75) is 51.2 Å². The summed E-state index contributed by atoms with van der Waals surface area (Å²) in [6.07, 6.45) is 2.54. The Morgan fingerprint density at radius 2 is 2.05 bits per heavy atom. The number of halogens is 1. The van der Waals surface area contributed by atoms with Gasteiger partial charge in [-0.05, 0) is 57.7 Å². The molecular weight excluding hydrogens is 276 g/mol. The molecule has 0 radical (unpaired) electrons. The molecule has 110 valence electrons. The quantitative estimate of drug-likeness (QED) is 0.866. The lowest BCUT2D eigenvalue weighted by Gasteiger charge is -2.39. The van der Waals surface area contributed by atoms with Gasteiger partial charge in [0.25, 0.3) is 0 Å². The molecule has 1 aromatic carbocycles. The van der Waals surface area contributed by atoms with Crippen LogP contribution < -0.4 is 11.1 Å². The molecule has 1 aromatic rings. The first-order chi connectivity index (χ1) is 9.20. The predicted molar refractivity (Wildman–Crippen MR) is 81.0 cm³/mol. The summed E-state index contributed by atoms with van der Waals surface area (Å²) in [5.41, 5.74) is 6.98. The van der Waals surface area contributed by atoms with Gasteiger partial charge >= 0.3 is 6.09 Å². The zero-order valence-corrected chi connectivity index (χ0v) is 12.9. The molecule has 1 aliphatic carbocycles. The monoisotopic (exact) mass is 296 g/mol. The van der Waals surface area contributed by atoms with Gasteiger partial charge in [-0.1, -0.05) is 17.7 Å². The number of amides is 1. The molecule has 0 heterocycles. The summed E-state index contributed by atoms with van der Waals surface area (Å²) in [6.45, 7) is 5.45. The van der Waals surface area contributed by atoms with Crippen LogP contribution in [0.25, 0.3) is 0 Å². The largest absolute Gasteiger partial charge is 0.444 e. The van der Waals surface area contributed by atoms with Crippen molar-refractivity contribution in [2.24, 2.45) is 5.73 Å². The van der Waals surface area contributed by atoms with Gasteiger partial charge in [0.2, 0.25) is 0 Å². The molecule has 1 amide bonds. The maximum atomic E-state index is 11.7. The number of hydrogen-bond acceptors (Lipinski definition) is 3. The van der Waals surface area contributed by atoms with E-state index in [1.54, 1.807) is 12.1 Å². The van der Waals surface area contributed by atoms with E-state index in [-0.39, 0.29) is 5.54 Å². The Morgan fingerprint density at radius 3 is 2.50 bits per heavy atom. The fourth-order valence-corrected chi connectivity index (χ4v) is 2.61. The van der Waals surface area contributed by atoms with Gasteiger partial charge in [0, 0.05) is 16.2 Å². The van der Waals surface area contributed by atoms with Crippen molar-refractivity contribution >= 4 is 23.4 Å². The fraction of sp³-hybridized carbons (Fsp3) is 0.533. The lowest BCUT2D eigenvalue weighted by atomic mass is 9.73. The number of benzene rings is 1. The highest BCUT2D eigenvalue weighted by Gasteiger charge is 2.35. The molecule has 4 nitrogen and oxygen atoms in total. The molecule has 0 unspecified atom stereocenters. The van der Waals surface area contributed by atoms with Crippen LogP contribution in [-0.4, -0.2) is 11.7 Å². The maximum Gasteiger partial charge on any atom is 0.412 e. The van der Waals surface area contributed by atoms with Crippen molar-refractivity contribution in [3.63, 3.8) is 0 Å². The van der Waals surface area contributed by atoms with Crippen LogP contribution in [0.15, 0.2) is 18.2 Å². The molecule has 1 saturated carbocycles. The molecular formula is C15H21ClN2O2. The van der Waals surface area contributed by atoms with E-state index >= 15 is 0 Å². The van der Waals surface area contributed by atoms with Gasteiger partial charge in [0.05, 0.1) is 0 Å². The number of carbonyl (C=O) groups excluding carboxylic acids is 1. The van der Waals surface area contributed by atoms with Crippen LogP contribution in [0.3, 0.4) is 0 Å². The molecule has 0 spiro atoms. The Hall–Kier alpha value is -1.26. The fourth-order valence-electron chi connectivity index (χ4n) is 2.25. The summed E-state index contributed by atoms with van der Waals surface area (Å²) in [6, 6.07) is 5.40. The van der Waals surface area contributed by atoms with E-state index in [1.807, 2.05) is 26.8 Å². The molecule has 20 heavy (non-hydrogen) atoms. The van der Waals surface area contributed by atoms with Crippen LogP contribution in [0, 0.1) is 0 Å². The van der Waals surface area contributed by atoms with Crippen LogP contribution >= 0.6 is 11.6 Å². The molecule has 1 aliphatic rings. The molecule has 5 heteroatoms. The van der Waals surface area contributed by atoms with Gasteiger partial charge in [-0.15, -0.1) is 0 Å². The summed E-state index contributed by atoms with van der Waals surface area (Å²) in [7, 11) is 0. The zero-order chi connectivity index (χ0) is 15.0. The summed E-state index contributed by atoms with van der Waals surface area (Å²) in [5.74, 6) is 0. The van der Waals surface area contributed by atoms with Gasteiger partial charge in [0.1, 0.15) is 5.60 Å². The number of nitrogens with one attached hydrogen (secondary N) is 1. The number of rotatable bonds is 2. The highest BCUT2D eigenvalue weighted by Crippen LogP contribution is 2.42. The Balaban J connectivity index is 2.08. The van der Waals surface area contributed by atoms with E-state index in [9.17, 15) is 4.79 Å². The van der Waals surface area contributed by atoms with Gasteiger partial charge in [-0.3, -0.25) is 5.32 Å². The standard InChI is InChI=1S/C15H21ClN2O2/c1-14(2,3)20-13(19)18-10-5-6-11(12(16)9-10)15(17)7-4-8-15/h5-6,9H,4,7-8,17H2,1-3H3,(H,18,19). The molecule has 3 N–H and O–H groups in total. The second kappa shape index (κ2) is 5.26. The van der Waals surface area contributed by atoms with Crippen LogP contribution in [0.5, 0.6) is 0 Å². The van der Waals surface area contributed by atoms with Gasteiger partial charge in [-0.25, -0.2) is 4.79 Å². The zero-order valence-electron chi connectivity index (χ0n) is 12.1. The van der Waals surface area contributed by atoms with Crippen molar-refractivity contribution in [2.75, 3.05) is 5.32 Å². The van der Waals surface area contributed by atoms with E-state index in [4.69, 9.17) is 22.1 Å². The lowest BCUT2D eigenvalue weighted by molar-refractivity contribution is 0.0636. The SMILES string of the molecule is CC(C)(C)OC(=O)Nc1ccc(C2(N)CCC2)c(Cl)c1. The Bertz CT molecular complexity index is 519. The number of hydrogen-bond donors (Lipinski definition) is 2. The van der Waals surface area contributed by atoms with Crippen LogP contribution in [0.1, 0.15) is 45.6 Å². The smallest absolute Gasteiger partial charge is 0.412 e. The normalized spacial score (nSPS) is 17.2. The molecule has 2 rings (SSSR count). The lowest BCUT2D eigenvalue weighted by Crippen LogP contribution is -2.43. The minimum atomic E-state index is -0.527. The first kappa shape index (κ1) is 15.1. The van der Waals surface area contributed by atoms with Crippen molar-refractivity contribution in [1.82, 2.24) is 0 Å². The number of anilines is 1. The summed E-state index contributed by atoms with van der Waals surface area (Å²) >= 11 is 6.27. The van der Waals surface area contributed by atoms with Gasteiger partial charge in [0.15, 0.2) is 0 Å². The average Bonchev–Trinajstić information content (AvgIpc) is 2.23. The van der Waals surface area contributed by atoms with Crippen molar-refractivity contribution in [3.8, 4) is 0 Å². The highest BCUT2D eigenvalue weighted by molar-refractivity contribution is 6.31. The topological polar surface area (TPSA) is 64.3 Å². The molecule has 0 bridgehead atoms. The third-order valence-electron chi connectivity index (χ3n) is 3.40. The summed E-state index contributed by atoms with van der Waals surface area (Å²) in [4.78, 5) is 11.7. The predicted octanol–water partition coefficient (Wildman–Crippen LogP) is 4.02. The van der Waals surface area contributed by atoms with Crippen LogP contribution in [0.2, 0.25) is 5.02 Å². The molecule has 0 aliphatic heterocycles. The van der Waals surface area contributed by atoms with Crippen molar-refractivity contribution in [1.29, 1.82) is 0 Å². The summed E-state index contributed by atoms with van der Waals surface area (Å²) < 4.78 is 5.19. The average molecular weight is 297 g/mol. The minimum absolute atomic E-state index is 0.304. The Labute approximate surface area is 124 Å². The first-order valence-corrected chi connectivity index (χ1v) is 7.16. The second-order valence-corrected chi connectivity index (χ2v) is 6.74. The maximum absolute atomic E-state index is 11.7. The third-order valence-corrected chi connectivity index (χ3v) is 3.71. The van der Waals surface area contributed by atoms with E-state index in [0.717, 1.165) is 24.8 Å². The second-order valence-electron chi connectivity index (χ2n) is 6.33. The molecule has 1 fully saturated rings. The molecule has 0 aromatic heterocycles. The van der Waals surface area contributed by atoms with Crippen molar-refractivity contribution in [3.05, 3.63) is 28.8 Å². The van der Waals surface area contributed by atoms with E-state index in [2.05, 4.69) is 5.32 Å². The van der Waals surface area contributed by atoms with E-state index in [1.165, 1.54) is 0 Å². The van der Waals surface area contributed by atoms with Crippen molar-refractivity contribution < 1.29 is 9.53 Å². The third kappa shape index (κ3) is 3.44. The van der Waals surface area contributed by atoms with Crippen LogP contribution in [-0.2, 0) is 10.3 Å². The number of nitrogens with two attached hydrogens (primary N) is 1. The minimum Gasteiger partial charge on any atom is -0.444 e. The number of carbonyl (C=O) groups is 1. The molecule has 0 saturated heterocycles. The van der Waals surface area contributed by atoms with Gasteiger partial charge in [-0.2, -0.15) is 0 Å². The van der Waals surface area contributed by atoms with Gasteiger partial charge < -0.3 is 10.5 Å². The highest BCUT2D eigenvalue weighted by atomic mass is 35.5. The Morgan fingerprint density at radius 1 is 1.40 bits per heavy atom. The van der Waals surface area contributed by atoms with Crippen LogP contribution in [0.4, 0.5) is 10.5 Å². The van der Waals surface area contributed by atoms with E-state index < -0.39 is 11.7 Å². The number of ether oxygens (including phenoxy) is 1. The molecule has 0 atom stereocenters. The Kier molecular flexibility index (Phi) is 3.98. The first-order valence-electron chi connectivity index (χ1n) is 6.79.